The van der Waals surface area contributed by atoms with Crippen molar-refractivity contribution in [3.63, 3.8) is 0 Å². The number of ether oxygens (including phenoxy) is 1. The molecule has 3 aromatic rings. The van der Waals surface area contributed by atoms with Gasteiger partial charge in [-0.1, -0.05) is 42.0 Å². The third kappa shape index (κ3) is 2.48. The van der Waals surface area contributed by atoms with E-state index in [1.54, 1.807) is 37.3 Å². The first-order chi connectivity index (χ1) is 12.9. The van der Waals surface area contributed by atoms with Gasteiger partial charge in [0.25, 0.3) is 0 Å². The summed E-state index contributed by atoms with van der Waals surface area (Å²) in [6.45, 7) is 5.76. The van der Waals surface area contributed by atoms with Gasteiger partial charge >= 0.3 is 5.97 Å². The molecule has 0 unspecified atom stereocenters. The zero-order chi connectivity index (χ0) is 19.3. The van der Waals surface area contributed by atoms with Gasteiger partial charge in [0.2, 0.25) is 0 Å². The first-order valence-corrected chi connectivity index (χ1v) is 8.87. The summed E-state index contributed by atoms with van der Waals surface area (Å²) in [5, 5.41) is 1.42. The van der Waals surface area contributed by atoms with E-state index in [0.29, 0.717) is 16.5 Å². The number of benzene rings is 3. The van der Waals surface area contributed by atoms with E-state index in [-0.39, 0.29) is 34.9 Å². The molecule has 3 aromatic carbocycles. The SMILES string of the molecule is CCOC(=O)c1c2c(cc3cc(C)cc(C)c13)C(=O)c1ccccc1C2=O. The van der Waals surface area contributed by atoms with Gasteiger partial charge in [-0.25, -0.2) is 4.79 Å². The van der Waals surface area contributed by atoms with Crippen LogP contribution >= 0.6 is 0 Å². The fraction of sp³-hybridized carbons (Fsp3) is 0.174. The summed E-state index contributed by atoms with van der Waals surface area (Å²) < 4.78 is 5.26. The number of carbonyl (C=O) groups is 3. The lowest BCUT2D eigenvalue weighted by molar-refractivity contribution is 0.0525. The Morgan fingerprint density at radius 1 is 0.926 bits per heavy atom. The quantitative estimate of drug-likeness (QED) is 0.498. The number of carbonyl (C=O) groups excluding carboxylic acids is 3. The van der Waals surface area contributed by atoms with E-state index < -0.39 is 5.97 Å². The third-order valence-electron chi connectivity index (χ3n) is 4.95. The van der Waals surface area contributed by atoms with Gasteiger partial charge in [0.05, 0.1) is 12.2 Å². The molecule has 0 fully saturated rings. The van der Waals surface area contributed by atoms with Crippen LogP contribution in [-0.2, 0) is 4.74 Å². The van der Waals surface area contributed by atoms with Gasteiger partial charge in [-0.2, -0.15) is 0 Å². The molecule has 4 heteroatoms. The molecule has 134 valence electrons. The molecular weight excluding hydrogens is 340 g/mol. The number of rotatable bonds is 2. The molecule has 0 aliphatic heterocycles. The first-order valence-electron chi connectivity index (χ1n) is 8.87. The molecule has 0 aromatic heterocycles. The fourth-order valence-electron chi connectivity index (χ4n) is 3.92. The number of hydrogen-bond donors (Lipinski definition) is 0. The highest BCUT2D eigenvalue weighted by atomic mass is 16.5. The van der Waals surface area contributed by atoms with Crippen LogP contribution in [0, 0.1) is 13.8 Å². The minimum Gasteiger partial charge on any atom is -0.462 e. The maximum Gasteiger partial charge on any atom is 0.339 e. The Morgan fingerprint density at radius 2 is 1.59 bits per heavy atom. The van der Waals surface area contributed by atoms with E-state index in [0.717, 1.165) is 16.5 Å². The van der Waals surface area contributed by atoms with Gasteiger partial charge in [0.15, 0.2) is 11.6 Å². The molecule has 0 bridgehead atoms. The summed E-state index contributed by atoms with van der Waals surface area (Å²) in [5.74, 6) is -1.14. The minimum absolute atomic E-state index is 0.150. The molecule has 0 radical (unpaired) electrons. The molecular formula is C23H18O4. The Morgan fingerprint density at radius 3 is 2.26 bits per heavy atom. The molecule has 0 spiro atoms. The monoisotopic (exact) mass is 358 g/mol. The van der Waals surface area contributed by atoms with Crippen LogP contribution in [0.2, 0.25) is 0 Å². The largest absolute Gasteiger partial charge is 0.462 e. The highest BCUT2D eigenvalue weighted by Gasteiger charge is 2.35. The fourth-order valence-corrected chi connectivity index (χ4v) is 3.92. The van der Waals surface area contributed by atoms with Crippen molar-refractivity contribution in [3.8, 4) is 0 Å². The zero-order valence-electron chi connectivity index (χ0n) is 15.4. The summed E-state index contributed by atoms with van der Waals surface area (Å²) >= 11 is 0. The predicted molar refractivity (Wildman–Crippen MR) is 103 cm³/mol. The number of fused-ring (bicyclic) bond motifs is 3. The van der Waals surface area contributed by atoms with Crippen LogP contribution in [0.5, 0.6) is 0 Å². The van der Waals surface area contributed by atoms with Crippen LogP contribution in [0.25, 0.3) is 10.8 Å². The Labute approximate surface area is 156 Å². The highest BCUT2D eigenvalue weighted by Crippen LogP contribution is 2.36. The maximum absolute atomic E-state index is 13.2. The van der Waals surface area contributed by atoms with Crippen LogP contribution in [0.3, 0.4) is 0 Å². The maximum atomic E-state index is 13.2. The molecule has 0 N–H and O–H groups in total. The Bertz CT molecular complexity index is 1150. The summed E-state index contributed by atoms with van der Waals surface area (Å²) in [5.41, 5.74) is 3.18. The molecule has 0 amide bonds. The average molecular weight is 358 g/mol. The number of esters is 1. The molecule has 1 aliphatic rings. The van der Waals surface area contributed by atoms with E-state index in [1.165, 1.54) is 0 Å². The van der Waals surface area contributed by atoms with Gasteiger partial charge in [-0.3, -0.25) is 9.59 Å². The van der Waals surface area contributed by atoms with E-state index >= 15 is 0 Å². The van der Waals surface area contributed by atoms with Crippen LogP contribution in [0.1, 0.15) is 60.3 Å². The number of ketones is 2. The van der Waals surface area contributed by atoms with E-state index in [2.05, 4.69) is 0 Å². The molecule has 0 saturated heterocycles. The van der Waals surface area contributed by atoms with Crippen molar-refractivity contribution in [2.24, 2.45) is 0 Å². The molecule has 27 heavy (non-hydrogen) atoms. The number of aryl methyl sites for hydroxylation is 2. The van der Waals surface area contributed by atoms with Crippen molar-refractivity contribution in [1.29, 1.82) is 0 Å². The second kappa shape index (κ2) is 6.16. The molecule has 0 saturated carbocycles. The Balaban J connectivity index is 2.16. The van der Waals surface area contributed by atoms with Crippen LogP contribution in [-0.4, -0.2) is 24.1 Å². The Kier molecular flexibility index (Phi) is 3.92. The predicted octanol–water partition coefficient (Wildman–Crippen LogP) is 4.41. The van der Waals surface area contributed by atoms with Gasteiger partial charge in [0.1, 0.15) is 0 Å². The van der Waals surface area contributed by atoms with Gasteiger partial charge in [0, 0.05) is 22.3 Å². The van der Waals surface area contributed by atoms with Gasteiger partial charge < -0.3 is 4.74 Å². The summed E-state index contributed by atoms with van der Waals surface area (Å²) in [6.07, 6.45) is 0. The molecule has 0 heterocycles. The van der Waals surface area contributed by atoms with Crippen molar-refractivity contribution in [1.82, 2.24) is 0 Å². The van der Waals surface area contributed by atoms with Crippen LogP contribution in [0.4, 0.5) is 0 Å². The van der Waals surface area contributed by atoms with E-state index in [4.69, 9.17) is 4.74 Å². The standard InChI is InChI=1S/C23H18O4/c1-4-27-23(26)20-18-13(3)9-12(2)10-14(18)11-17-19(20)22(25)16-8-6-5-7-15(16)21(17)24/h5-11H,4H2,1-3H3. The third-order valence-corrected chi connectivity index (χ3v) is 4.95. The molecule has 4 nitrogen and oxygen atoms in total. The van der Waals surface area contributed by atoms with Gasteiger partial charge in [-0.15, -0.1) is 0 Å². The topological polar surface area (TPSA) is 60.4 Å². The summed E-state index contributed by atoms with van der Waals surface area (Å²) in [6, 6.07) is 12.3. The normalized spacial score (nSPS) is 12.7. The lowest BCUT2D eigenvalue weighted by Gasteiger charge is -2.22. The molecule has 1 aliphatic carbocycles. The lowest BCUT2D eigenvalue weighted by Crippen LogP contribution is -2.25. The van der Waals surface area contributed by atoms with Crippen molar-refractivity contribution in [3.05, 3.63) is 81.4 Å². The van der Waals surface area contributed by atoms with Crippen molar-refractivity contribution in [2.45, 2.75) is 20.8 Å². The molecule has 0 atom stereocenters. The molecule has 4 rings (SSSR count). The van der Waals surface area contributed by atoms with E-state index in [1.807, 2.05) is 26.0 Å². The van der Waals surface area contributed by atoms with Crippen LogP contribution in [0.15, 0.2) is 42.5 Å². The van der Waals surface area contributed by atoms with E-state index in [9.17, 15) is 14.4 Å². The second-order valence-corrected chi connectivity index (χ2v) is 6.78. The summed E-state index contributed by atoms with van der Waals surface area (Å²) in [7, 11) is 0. The lowest BCUT2D eigenvalue weighted by atomic mass is 9.79. The van der Waals surface area contributed by atoms with Crippen molar-refractivity contribution >= 4 is 28.3 Å². The zero-order valence-corrected chi connectivity index (χ0v) is 15.4. The summed E-state index contributed by atoms with van der Waals surface area (Å²) in [4.78, 5) is 39.2. The van der Waals surface area contributed by atoms with Crippen molar-refractivity contribution in [2.75, 3.05) is 6.61 Å². The Hall–Kier alpha value is -3.27. The highest BCUT2D eigenvalue weighted by molar-refractivity contribution is 6.33. The minimum atomic E-state index is -0.577. The van der Waals surface area contributed by atoms with Crippen molar-refractivity contribution < 1.29 is 19.1 Å². The second-order valence-electron chi connectivity index (χ2n) is 6.78. The number of hydrogen-bond acceptors (Lipinski definition) is 4. The average Bonchev–Trinajstić information content (AvgIpc) is 2.64. The smallest absolute Gasteiger partial charge is 0.339 e. The van der Waals surface area contributed by atoms with Crippen LogP contribution < -0.4 is 0 Å². The van der Waals surface area contributed by atoms with Gasteiger partial charge in [-0.05, 0) is 43.2 Å². The first kappa shape index (κ1) is 17.2.